The van der Waals surface area contributed by atoms with Crippen LogP contribution in [-0.4, -0.2) is 28.7 Å². The Bertz CT molecular complexity index is 816. The molecule has 0 atom stereocenters. The van der Waals surface area contributed by atoms with Crippen molar-refractivity contribution in [3.05, 3.63) is 58.4 Å². The van der Waals surface area contributed by atoms with E-state index in [0.29, 0.717) is 17.7 Å². The van der Waals surface area contributed by atoms with E-state index in [4.69, 9.17) is 4.74 Å². The molecule has 0 N–H and O–H groups in total. The molecule has 5 heteroatoms. The topological polar surface area (TPSA) is 65.4 Å². The summed E-state index contributed by atoms with van der Waals surface area (Å²) in [5.74, 6) is -1.11. The van der Waals surface area contributed by atoms with Crippen molar-refractivity contribution in [2.75, 3.05) is 6.61 Å². The normalized spacial score (nSPS) is 12.8. The summed E-state index contributed by atoms with van der Waals surface area (Å²) in [4.78, 5) is 37.7. The number of rotatable bonds is 4. The molecule has 5 nitrogen and oxygen atoms in total. The van der Waals surface area contributed by atoms with Crippen LogP contribution in [0.3, 0.4) is 0 Å². The summed E-state index contributed by atoms with van der Waals surface area (Å²) < 4.78 is 6.72. The molecule has 1 aliphatic carbocycles. The van der Waals surface area contributed by atoms with Crippen LogP contribution >= 0.6 is 0 Å². The summed E-state index contributed by atoms with van der Waals surface area (Å²) in [6, 6.07) is 6.66. The third-order valence-electron chi connectivity index (χ3n) is 3.99. The zero-order valence-electron chi connectivity index (χ0n) is 13.1. The second-order valence-corrected chi connectivity index (χ2v) is 5.57. The zero-order valence-corrected chi connectivity index (χ0v) is 13.1. The first-order valence-electron chi connectivity index (χ1n) is 7.61. The minimum atomic E-state index is -0.567. The lowest BCUT2D eigenvalue weighted by atomic mass is 9.85. The van der Waals surface area contributed by atoms with Crippen LogP contribution in [0.15, 0.2) is 30.5 Å². The molecule has 23 heavy (non-hydrogen) atoms. The molecule has 1 heterocycles. The van der Waals surface area contributed by atoms with Crippen molar-refractivity contribution in [3.63, 3.8) is 0 Å². The molecule has 0 saturated carbocycles. The average molecular weight is 311 g/mol. The molecule has 1 aliphatic rings. The molecule has 0 unspecified atom stereocenters. The maximum atomic E-state index is 12.7. The Kier molecular flexibility index (Phi) is 3.86. The highest BCUT2D eigenvalue weighted by Gasteiger charge is 2.36. The van der Waals surface area contributed by atoms with E-state index >= 15 is 0 Å². The minimum absolute atomic E-state index is 0.143. The number of carbonyl (C=O) groups excluding carboxylic acids is 3. The first-order chi connectivity index (χ1) is 11.1. The van der Waals surface area contributed by atoms with Crippen LogP contribution in [0.2, 0.25) is 0 Å². The first kappa shape index (κ1) is 15.2. The average Bonchev–Trinajstić information content (AvgIpc) is 2.90. The molecule has 0 saturated heterocycles. The molecule has 0 aliphatic heterocycles. The van der Waals surface area contributed by atoms with E-state index in [-0.39, 0.29) is 28.4 Å². The molecule has 1 aromatic heterocycles. The number of esters is 1. The summed E-state index contributed by atoms with van der Waals surface area (Å²) in [6.45, 7) is 2.30. The summed E-state index contributed by atoms with van der Waals surface area (Å²) >= 11 is 0. The molecule has 2 aromatic rings. The van der Waals surface area contributed by atoms with E-state index in [1.165, 1.54) is 10.8 Å². The van der Waals surface area contributed by atoms with Gasteiger partial charge in [0.2, 0.25) is 0 Å². The number of hydrogen-bond donors (Lipinski definition) is 0. The lowest BCUT2D eigenvalue weighted by Crippen LogP contribution is -2.22. The molecule has 1 aromatic carbocycles. The predicted octanol–water partition coefficient (Wildman–Crippen LogP) is 2.76. The van der Waals surface area contributed by atoms with E-state index in [1.807, 2.05) is 6.92 Å². The van der Waals surface area contributed by atoms with Crippen molar-refractivity contribution in [2.45, 2.75) is 19.8 Å². The van der Waals surface area contributed by atoms with Crippen molar-refractivity contribution >= 4 is 17.5 Å². The molecular formula is C18H17NO4. The smallest absolute Gasteiger partial charge is 0.355 e. The Balaban J connectivity index is 2.06. The quantitative estimate of drug-likeness (QED) is 0.549. The number of fused-ring (bicyclic) bond motifs is 2. The van der Waals surface area contributed by atoms with E-state index in [1.54, 1.807) is 31.3 Å². The van der Waals surface area contributed by atoms with Crippen molar-refractivity contribution in [1.29, 1.82) is 0 Å². The lowest BCUT2D eigenvalue weighted by Gasteiger charge is -2.15. The maximum absolute atomic E-state index is 12.7. The van der Waals surface area contributed by atoms with Crippen LogP contribution in [0.5, 0.6) is 0 Å². The summed E-state index contributed by atoms with van der Waals surface area (Å²) in [7, 11) is 1.64. The van der Waals surface area contributed by atoms with Gasteiger partial charge in [-0.05, 0) is 6.42 Å². The van der Waals surface area contributed by atoms with Crippen LogP contribution in [0.1, 0.15) is 62.1 Å². The fraction of sp³-hybridized carbons (Fsp3) is 0.278. The van der Waals surface area contributed by atoms with Gasteiger partial charge in [0.15, 0.2) is 11.6 Å². The lowest BCUT2D eigenvalue weighted by molar-refractivity contribution is 0.0486. The van der Waals surface area contributed by atoms with Crippen LogP contribution in [0.4, 0.5) is 0 Å². The van der Waals surface area contributed by atoms with Gasteiger partial charge in [-0.3, -0.25) is 9.59 Å². The van der Waals surface area contributed by atoms with Gasteiger partial charge in [-0.25, -0.2) is 4.79 Å². The highest BCUT2D eigenvalue weighted by Crippen LogP contribution is 2.30. The first-order valence-corrected chi connectivity index (χ1v) is 7.61. The number of unbranched alkanes of at least 4 members (excludes halogenated alkanes) is 1. The largest absolute Gasteiger partial charge is 0.461 e. The second-order valence-electron chi connectivity index (χ2n) is 5.57. The molecule has 0 spiro atoms. The molecule has 0 radical (unpaired) electrons. The Labute approximate surface area is 133 Å². The van der Waals surface area contributed by atoms with Crippen molar-refractivity contribution < 1.29 is 19.1 Å². The van der Waals surface area contributed by atoms with Gasteiger partial charge in [0.05, 0.1) is 17.7 Å². The van der Waals surface area contributed by atoms with Crippen LogP contribution in [0, 0.1) is 0 Å². The van der Waals surface area contributed by atoms with Gasteiger partial charge < -0.3 is 9.30 Å². The number of carbonyl (C=O) groups is 3. The van der Waals surface area contributed by atoms with Crippen molar-refractivity contribution in [1.82, 2.24) is 4.57 Å². The SMILES string of the molecule is CCCCOC(=O)c1c2c(cn1C)C(=O)c1ccccc1C2=O. The monoisotopic (exact) mass is 311 g/mol. The molecule has 0 bridgehead atoms. The van der Waals surface area contributed by atoms with Gasteiger partial charge in [0.1, 0.15) is 5.69 Å². The van der Waals surface area contributed by atoms with Gasteiger partial charge in [-0.1, -0.05) is 37.6 Å². The fourth-order valence-electron chi connectivity index (χ4n) is 2.81. The Morgan fingerprint density at radius 1 is 1.09 bits per heavy atom. The Hall–Kier alpha value is -2.69. The Morgan fingerprint density at radius 3 is 2.39 bits per heavy atom. The number of ether oxygens (including phenoxy) is 1. The van der Waals surface area contributed by atoms with Crippen molar-refractivity contribution in [3.8, 4) is 0 Å². The molecule has 118 valence electrons. The highest BCUT2D eigenvalue weighted by atomic mass is 16.5. The standard InChI is InChI=1S/C18H17NO4/c1-3-4-9-23-18(22)15-14-13(10-19(15)2)16(20)11-7-5-6-8-12(11)17(14)21/h5-8,10H,3-4,9H2,1-2H3. The van der Waals surface area contributed by atoms with Crippen LogP contribution in [0.25, 0.3) is 0 Å². The number of aryl methyl sites for hydroxylation is 1. The van der Waals surface area contributed by atoms with Crippen LogP contribution in [-0.2, 0) is 11.8 Å². The highest BCUT2D eigenvalue weighted by molar-refractivity contribution is 6.30. The Morgan fingerprint density at radius 2 is 1.74 bits per heavy atom. The summed E-state index contributed by atoms with van der Waals surface area (Å²) in [5.41, 5.74) is 1.26. The second kappa shape index (κ2) is 5.83. The molecule has 0 fully saturated rings. The minimum Gasteiger partial charge on any atom is -0.461 e. The predicted molar refractivity (Wildman–Crippen MR) is 83.9 cm³/mol. The molecule has 3 rings (SSSR count). The van der Waals surface area contributed by atoms with Gasteiger partial charge in [-0.15, -0.1) is 0 Å². The van der Waals surface area contributed by atoms with E-state index in [0.717, 1.165) is 12.8 Å². The summed E-state index contributed by atoms with van der Waals surface area (Å²) in [5, 5.41) is 0. The number of aromatic nitrogens is 1. The van der Waals surface area contributed by atoms with Crippen LogP contribution < -0.4 is 0 Å². The number of ketones is 2. The fourth-order valence-corrected chi connectivity index (χ4v) is 2.81. The van der Waals surface area contributed by atoms with Gasteiger partial charge in [0, 0.05) is 24.4 Å². The third kappa shape index (κ3) is 2.38. The van der Waals surface area contributed by atoms with E-state index < -0.39 is 5.97 Å². The number of nitrogens with zero attached hydrogens (tertiary/aromatic N) is 1. The zero-order chi connectivity index (χ0) is 16.6. The van der Waals surface area contributed by atoms with Crippen molar-refractivity contribution in [2.24, 2.45) is 7.05 Å². The maximum Gasteiger partial charge on any atom is 0.355 e. The molecular weight excluding hydrogens is 294 g/mol. The van der Waals surface area contributed by atoms with E-state index in [2.05, 4.69) is 0 Å². The van der Waals surface area contributed by atoms with E-state index in [9.17, 15) is 14.4 Å². The van der Waals surface area contributed by atoms with Gasteiger partial charge in [-0.2, -0.15) is 0 Å². The summed E-state index contributed by atoms with van der Waals surface area (Å²) in [6.07, 6.45) is 3.19. The van der Waals surface area contributed by atoms with Gasteiger partial charge in [0.25, 0.3) is 0 Å². The third-order valence-corrected chi connectivity index (χ3v) is 3.99. The van der Waals surface area contributed by atoms with Gasteiger partial charge >= 0.3 is 5.97 Å². The molecule has 0 amide bonds. The number of hydrogen-bond acceptors (Lipinski definition) is 4. The number of benzene rings is 1.